The number of hydrogen-bond donors (Lipinski definition) is 1. The number of rotatable bonds is 4. The molecule has 0 saturated heterocycles. The van der Waals surface area contributed by atoms with Crippen molar-refractivity contribution in [2.45, 2.75) is 51.9 Å². The standard InChI is InChI=1S/C15H20O.C7H9N2O.K/c1-5-15(6-2)10-13-12(11(15)3)8-7-9-14(13)16-4;1-5(2)6-3-8-4-7(10)9-6;/h7-9,11H,1-2,5-6,10H2,3-4H3;3,5H,1-2H3,(H,9,10);/q-2;-1;+1/t11-;;/m1../s1. The van der Waals surface area contributed by atoms with E-state index in [2.05, 4.69) is 49.1 Å². The Morgan fingerprint density at radius 1 is 1.37 bits per heavy atom. The second kappa shape index (κ2) is 10.9. The van der Waals surface area contributed by atoms with Crippen LogP contribution >= 0.6 is 0 Å². The summed E-state index contributed by atoms with van der Waals surface area (Å²) in [6.45, 7) is 14.5. The molecule has 0 spiro atoms. The second-order valence-corrected chi connectivity index (χ2v) is 7.22. The molecule has 1 atom stereocenters. The minimum absolute atomic E-state index is 0. The SMILES string of the molecule is CC(C)c1cn[c-]c(=O)[nH]1.[CH2-]CC1(C[CH2-])Cc2c(OC)cccc2[C@H]1C.[K+]. The first-order chi connectivity index (χ1) is 12.4. The third kappa shape index (κ3) is 5.54. The second-order valence-electron chi connectivity index (χ2n) is 7.22. The van der Waals surface area contributed by atoms with Gasteiger partial charge in [0, 0.05) is 0 Å². The van der Waals surface area contributed by atoms with Gasteiger partial charge in [0.05, 0.1) is 7.11 Å². The topological polar surface area (TPSA) is 55.0 Å². The van der Waals surface area contributed by atoms with Gasteiger partial charge in [-0.25, -0.2) is 0 Å². The predicted molar refractivity (Wildman–Crippen MR) is 105 cm³/mol. The van der Waals surface area contributed by atoms with Gasteiger partial charge in [-0.15, -0.1) is 6.20 Å². The predicted octanol–water partition coefficient (Wildman–Crippen LogP) is 1.49. The smallest absolute Gasteiger partial charge is 0.496 e. The van der Waals surface area contributed by atoms with Crippen LogP contribution in [0.1, 0.15) is 62.3 Å². The van der Waals surface area contributed by atoms with E-state index in [1.807, 2.05) is 19.9 Å². The van der Waals surface area contributed by atoms with Crippen LogP contribution in [-0.4, -0.2) is 17.1 Å². The Morgan fingerprint density at radius 3 is 2.52 bits per heavy atom. The molecule has 5 heteroatoms. The summed E-state index contributed by atoms with van der Waals surface area (Å²) in [6.07, 6.45) is 6.82. The molecule has 0 bridgehead atoms. The first-order valence-corrected chi connectivity index (χ1v) is 9.09. The fraction of sp³-hybridized carbons (Fsp3) is 0.455. The van der Waals surface area contributed by atoms with Crippen LogP contribution in [0.5, 0.6) is 5.75 Å². The summed E-state index contributed by atoms with van der Waals surface area (Å²) in [4.78, 5) is 16.9. The van der Waals surface area contributed by atoms with Crippen molar-refractivity contribution in [3.05, 3.63) is 71.6 Å². The summed E-state index contributed by atoms with van der Waals surface area (Å²) < 4.78 is 5.45. The molecule has 1 aromatic heterocycles. The summed E-state index contributed by atoms with van der Waals surface area (Å²) in [7, 11) is 1.74. The van der Waals surface area contributed by atoms with Crippen molar-refractivity contribution in [2.24, 2.45) is 5.41 Å². The average Bonchev–Trinajstić information content (AvgIpc) is 2.95. The van der Waals surface area contributed by atoms with E-state index in [1.54, 1.807) is 13.3 Å². The van der Waals surface area contributed by atoms with E-state index in [4.69, 9.17) is 4.74 Å². The summed E-state index contributed by atoms with van der Waals surface area (Å²) in [6, 6.07) is 6.35. The maximum Gasteiger partial charge on any atom is 1.00 e. The molecule has 1 aromatic carbocycles. The van der Waals surface area contributed by atoms with Crippen LogP contribution < -0.4 is 61.7 Å². The zero-order valence-corrected chi connectivity index (χ0v) is 20.4. The van der Waals surface area contributed by atoms with Gasteiger partial charge in [0.1, 0.15) is 5.75 Å². The molecule has 1 aliphatic rings. The van der Waals surface area contributed by atoms with E-state index in [1.165, 1.54) is 11.1 Å². The van der Waals surface area contributed by atoms with Crippen molar-refractivity contribution in [3.8, 4) is 5.75 Å². The number of nitrogens with zero attached hydrogens (tertiary/aromatic N) is 1. The minimum atomic E-state index is -0.258. The minimum Gasteiger partial charge on any atom is -0.496 e. The van der Waals surface area contributed by atoms with Crippen LogP contribution in [0.3, 0.4) is 0 Å². The molecule has 142 valence electrons. The number of fused-ring (bicyclic) bond motifs is 1. The number of aromatic amines is 1. The summed E-state index contributed by atoms with van der Waals surface area (Å²) in [5.41, 5.74) is 3.61. The Hall–Kier alpha value is -0.464. The van der Waals surface area contributed by atoms with Crippen molar-refractivity contribution >= 4 is 0 Å². The monoisotopic (exact) mass is 392 g/mol. The molecule has 0 amide bonds. The van der Waals surface area contributed by atoms with Gasteiger partial charge in [-0.1, -0.05) is 44.5 Å². The van der Waals surface area contributed by atoms with Crippen molar-refractivity contribution in [2.75, 3.05) is 7.11 Å². The largest absolute Gasteiger partial charge is 1.00 e. The van der Waals surface area contributed by atoms with E-state index >= 15 is 0 Å². The van der Waals surface area contributed by atoms with Gasteiger partial charge in [0.2, 0.25) is 0 Å². The third-order valence-electron chi connectivity index (χ3n) is 5.55. The fourth-order valence-electron chi connectivity index (χ4n) is 3.58. The van der Waals surface area contributed by atoms with Crippen molar-refractivity contribution < 1.29 is 56.1 Å². The Morgan fingerprint density at radius 2 is 2.04 bits per heavy atom. The van der Waals surface area contributed by atoms with Gasteiger partial charge in [0.15, 0.2) is 5.56 Å². The number of benzene rings is 1. The van der Waals surface area contributed by atoms with E-state index in [0.29, 0.717) is 11.8 Å². The molecule has 27 heavy (non-hydrogen) atoms. The molecule has 1 aliphatic carbocycles. The van der Waals surface area contributed by atoms with Gasteiger partial charge in [-0.2, -0.15) is 12.8 Å². The molecule has 1 heterocycles. The summed E-state index contributed by atoms with van der Waals surface area (Å²) in [5.74, 6) is 1.87. The molecule has 0 radical (unpaired) electrons. The number of H-pyrrole nitrogens is 1. The zero-order valence-electron chi connectivity index (χ0n) is 17.3. The van der Waals surface area contributed by atoms with Crippen molar-refractivity contribution in [1.82, 2.24) is 9.97 Å². The van der Waals surface area contributed by atoms with Crippen LogP contribution in [0, 0.1) is 25.5 Å². The maximum atomic E-state index is 10.6. The Bertz CT molecular complexity index is 782. The molecule has 1 N–H and O–H groups in total. The Kier molecular flexibility index (Phi) is 9.93. The van der Waals surface area contributed by atoms with E-state index < -0.39 is 0 Å². The normalized spacial score (nSPS) is 16.8. The molecule has 0 aliphatic heterocycles. The van der Waals surface area contributed by atoms with Crippen LogP contribution in [-0.2, 0) is 6.42 Å². The summed E-state index contributed by atoms with van der Waals surface area (Å²) in [5, 5.41) is 0. The van der Waals surface area contributed by atoms with E-state index in [0.717, 1.165) is 30.7 Å². The number of ether oxygens (including phenoxy) is 1. The van der Waals surface area contributed by atoms with Crippen molar-refractivity contribution in [3.63, 3.8) is 0 Å². The van der Waals surface area contributed by atoms with Gasteiger partial charge >= 0.3 is 51.4 Å². The molecule has 2 aromatic rings. The van der Waals surface area contributed by atoms with Crippen LogP contribution in [0.15, 0.2) is 29.2 Å². The zero-order chi connectivity index (χ0) is 19.3. The van der Waals surface area contributed by atoms with E-state index in [-0.39, 0.29) is 62.4 Å². The van der Waals surface area contributed by atoms with E-state index in [9.17, 15) is 4.79 Å². The van der Waals surface area contributed by atoms with Crippen LogP contribution in [0.2, 0.25) is 0 Å². The quantitative estimate of drug-likeness (QED) is 0.634. The first kappa shape index (κ1) is 24.6. The van der Waals surface area contributed by atoms with Gasteiger partial charge in [0.25, 0.3) is 0 Å². The van der Waals surface area contributed by atoms with Gasteiger partial charge < -0.3 is 28.6 Å². The number of aromatic nitrogens is 2. The molecule has 4 nitrogen and oxygen atoms in total. The molecule has 0 saturated carbocycles. The average molecular weight is 393 g/mol. The first-order valence-electron chi connectivity index (χ1n) is 9.09. The fourth-order valence-corrected chi connectivity index (χ4v) is 3.58. The maximum absolute atomic E-state index is 10.6. The van der Waals surface area contributed by atoms with Crippen LogP contribution in [0.25, 0.3) is 0 Å². The summed E-state index contributed by atoms with van der Waals surface area (Å²) >= 11 is 0. The number of nitrogens with one attached hydrogen (secondary N) is 1. The van der Waals surface area contributed by atoms with Crippen LogP contribution in [0.4, 0.5) is 0 Å². The van der Waals surface area contributed by atoms with Gasteiger partial charge in [-0.05, 0) is 41.1 Å². The Labute approximate surface area is 206 Å². The molecular formula is C22H29KN2O2-2. The molecular weight excluding hydrogens is 363 g/mol. The van der Waals surface area contributed by atoms with Gasteiger partial charge in [-0.3, -0.25) is 4.79 Å². The number of hydrogen-bond acceptors (Lipinski definition) is 3. The van der Waals surface area contributed by atoms with Crippen molar-refractivity contribution in [1.29, 1.82) is 0 Å². The molecule has 0 fully saturated rings. The Balaban J connectivity index is 0.000000288. The molecule has 3 rings (SSSR count). The molecule has 0 unspecified atom stereocenters. The number of methoxy groups -OCH3 is 1. The third-order valence-corrected chi connectivity index (χ3v) is 5.55.